The van der Waals surface area contributed by atoms with Crippen molar-refractivity contribution in [3.05, 3.63) is 0 Å². The summed E-state index contributed by atoms with van der Waals surface area (Å²) in [6, 6.07) is 0. The van der Waals surface area contributed by atoms with E-state index in [-0.39, 0.29) is 25.4 Å². The van der Waals surface area contributed by atoms with Crippen LogP contribution in [-0.2, 0) is 19.1 Å². The van der Waals surface area contributed by atoms with Crippen LogP contribution in [0.15, 0.2) is 0 Å². The fourth-order valence-electron chi connectivity index (χ4n) is 2.11. The van der Waals surface area contributed by atoms with Gasteiger partial charge in [0.2, 0.25) is 5.91 Å². The van der Waals surface area contributed by atoms with E-state index in [4.69, 9.17) is 9.84 Å². The number of nitrogens with one attached hydrogen (secondary N) is 1. The van der Waals surface area contributed by atoms with Crippen LogP contribution in [0.25, 0.3) is 0 Å². The lowest BCUT2D eigenvalue weighted by Crippen LogP contribution is -2.51. The maximum absolute atomic E-state index is 11.7. The zero-order valence-corrected chi connectivity index (χ0v) is 9.99. The summed E-state index contributed by atoms with van der Waals surface area (Å²) in [5.74, 6) is -2.40. The van der Waals surface area contributed by atoms with E-state index in [0.29, 0.717) is 6.42 Å². The SMILES string of the molecule is CCOC(=O)C(C)C1(CC(=O)O)CCC(=O)N1. The second-order valence-corrected chi connectivity index (χ2v) is 4.25. The third-order valence-electron chi connectivity index (χ3n) is 3.12. The van der Waals surface area contributed by atoms with Gasteiger partial charge in [0.1, 0.15) is 0 Å². The quantitative estimate of drug-likeness (QED) is 0.678. The normalized spacial score (nSPS) is 25.2. The largest absolute Gasteiger partial charge is 0.481 e. The molecule has 6 heteroatoms. The summed E-state index contributed by atoms with van der Waals surface area (Å²) < 4.78 is 4.87. The zero-order chi connectivity index (χ0) is 13.1. The minimum atomic E-state index is -1.04. The summed E-state index contributed by atoms with van der Waals surface area (Å²) in [7, 11) is 0. The van der Waals surface area contributed by atoms with Gasteiger partial charge < -0.3 is 15.2 Å². The van der Waals surface area contributed by atoms with Gasteiger partial charge in [0.05, 0.1) is 24.5 Å². The summed E-state index contributed by atoms with van der Waals surface area (Å²) in [5.41, 5.74) is -1.00. The highest BCUT2D eigenvalue weighted by Crippen LogP contribution is 2.32. The summed E-state index contributed by atoms with van der Waals surface area (Å²) >= 11 is 0. The molecule has 96 valence electrons. The minimum absolute atomic E-state index is 0.220. The van der Waals surface area contributed by atoms with Crippen molar-refractivity contribution in [1.82, 2.24) is 5.32 Å². The van der Waals surface area contributed by atoms with E-state index in [1.54, 1.807) is 13.8 Å². The first-order chi connectivity index (χ1) is 7.91. The fraction of sp³-hybridized carbons (Fsp3) is 0.727. The molecule has 0 bridgehead atoms. The molecule has 1 saturated heterocycles. The Morgan fingerprint density at radius 1 is 1.59 bits per heavy atom. The van der Waals surface area contributed by atoms with E-state index in [1.807, 2.05) is 0 Å². The zero-order valence-electron chi connectivity index (χ0n) is 9.99. The topological polar surface area (TPSA) is 92.7 Å². The highest BCUT2D eigenvalue weighted by Gasteiger charge is 2.47. The monoisotopic (exact) mass is 243 g/mol. The van der Waals surface area contributed by atoms with E-state index in [0.717, 1.165) is 0 Å². The van der Waals surface area contributed by atoms with Crippen molar-refractivity contribution < 1.29 is 24.2 Å². The molecule has 17 heavy (non-hydrogen) atoms. The first kappa shape index (κ1) is 13.5. The number of ether oxygens (including phenoxy) is 1. The summed E-state index contributed by atoms with van der Waals surface area (Å²) in [5, 5.41) is 11.5. The molecule has 1 aliphatic heterocycles. The van der Waals surface area contributed by atoms with Gasteiger partial charge in [-0.25, -0.2) is 0 Å². The van der Waals surface area contributed by atoms with Gasteiger partial charge in [-0.3, -0.25) is 14.4 Å². The van der Waals surface area contributed by atoms with Gasteiger partial charge in [-0.1, -0.05) is 0 Å². The van der Waals surface area contributed by atoms with Crippen LogP contribution in [0, 0.1) is 5.92 Å². The molecule has 0 aromatic carbocycles. The van der Waals surface area contributed by atoms with E-state index in [1.165, 1.54) is 0 Å². The van der Waals surface area contributed by atoms with E-state index in [9.17, 15) is 14.4 Å². The molecular formula is C11H17NO5. The van der Waals surface area contributed by atoms with Crippen LogP contribution in [0.2, 0.25) is 0 Å². The van der Waals surface area contributed by atoms with Crippen LogP contribution in [0.1, 0.15) is 33.1 Å². The number of hydrogen-bond acceptors (Lipinski definition) is 4. The van der Waals surface area contributed by atoms with Crippen molar-refractivity contribution in [3.8, 4) is 0 Å². The van der Waals surface area contributed by atoms with Crippen LogP contribution in [0.5, 0.6) is 0 Å². The summed E-state index contributed by atoms with van der Waals surface area (Å²) in [6.07, 6.45) is 0.327. The average Bonchev–Trinajstić information content (AvgIpc) is 2.59. The molecule has 0 aliphatic carbocycles. The van der Waals surface area contributed by atoms with Gasteiger partial charge in [0.25, 0.3) is 0 Å². The first-order valence-corrected chi connectivity index (χ1v) is 5.60. The van der Waals surface area contributed by atoms with E-state index in [2.05, 4.69) is 5.32 Å². The Balaban J connectivity index is 2.86. The van der Waals surface area contributed by atoms with Gasteiger partial charge in [0.15, 0.2) is 0 Å². The minimum Gasteiger partial charge on any atom is -0.481 e. The molecule has 2 unspecified atom stereocenters. The molecule has 0 aromatic rings. The molecule has 1 rings (SSSR count). The lowest BCUT2D eigenvalue weighted by atomic mass is 9.81. The lowest BCUT2D eigenvalue weighted by molar-refractivity contribution is -0.151. The third kappa shape index (κ3) is 2.95. The number of rotatable bonds is 5. The van der Waals surface area contributed by atoms with E-state index >= 15 is 0 Å². The number of carboxylic acids is 1. The first-order valence-electron chi connectivity index (χ1n) is 5.60. The predicted octanol–water partition coefficient (Wildman–Crippen LogP) is 0.309. The third-order valence-corrected chi connectivity index (χ3v) is 3.12. The van der Waals surface area contributed by atoms with Crippen molar-refractivity contribution in [1.29, 1.82) is 0 Å². The maximum atomic E-state index is 11.7. The smallest absolute Gasteiger partial charge is 0.311 e. The second-order valence-electron chi connectivity index (χ2n) is 4.25. The van der Waals surface area contributed by atoms with Crippen LogP contribution in [0.4, 0.5) is 0 Å². The van der Waals surface area contributed by atoms with Crippen molar-refractivity contribution in [2.24, 2.45) is 5.92 Å². The Hall–Kier alpha value is -1.59. The number of carboxylic acid groups (broad SMARTS) is 1. The number of hydrogen-bond donors (Lipinski definition) is 2. The van der Waals surface area contributed by atoms with Gasteiger partial charge in [-0.05, 0) is 20.3 Å². The second kappa shape index (κ2) is 5.16. The van der Waals surface area contributed by atoms with Crippen molar-refractivity contribution in [3.63, 3.8) is 0 Å². The maximum Gasteiger partial charge on any atom is 0.311 e. The Labute approximate surface area is 99.3 Å². The molecule has 6 nitrogen and oxygen atoms in total. The van der Waals surface area contributed by atoms with Gasteiger partial charge in [-0.15, -0.1) is 0 Å². The molecule has 2 N–H and O–H groups in total. The molecule has 1 amide bonds. The Bertz CT molecular complexity index is 341. The highest BCUT2D eigenvalue weighted by atomic mass is 16.5. The molecule has 0 saturated carbocycles. The molecule has 0 radical (unpaired) electrons. The number of amides is 1. The van der Waals surface area contributed by atoms with Crippen LogP contribution >= 0.6 is 0 Å². The number of aliphatic carboxylic acids is 1. The molecule has 1 fully saturated rings. The Morgan fingerprint density at radius 2 is 2.24 bits per heavy atom. The number of esters is 1. The molecular weight excluding hydrogens is 226 g/mol. The van der Waals surface area contributed by atoms with Crippen LogP contribution in [-0.4, -0.2) is 35.1 Å². The Morgan fingerprint density at radius 3 is 2.65 bits per heavy atom. The van der Waals surface area contributed by atoms with Gasteiger partial charge in [-0.2, -0.15) is 0 Å². The molecule has 1 heterocycles. The fourth-order valence-corrected chi connectivity index (χ4v) is 2.11. The van der Waals surface area contributed by atoms with Gasteiger partial charge in [0, 0.05) is 6.42 Å². The molecule has 0 spiro atoms. The van der Waals surface area contributed by atoms with Crippen LogP contribution in [0.3, 0.4) is 0 Å². The summed E-state index contributed by atoms with van der Waals surface area (Å²) in [6.45, 7) is 3.51. The number of carbonyl (C=O) groups excluding carboxylic acids is 2. The van der Waals surface area contributed by atoms with Crippen molar-refractivity contribution >= 4 is 17.8 Å². The average molecular weight is 243 g/mol. The number of carbonyl (C=O) groups is 3. The Kier molecular flexibility index (Phi) is 4.09. The predicted molar refractivity (Wildman–Crippen MR) is 58.2 cm³/mol. The van der Waals surface area contributed by atoms with E-state index < -0.39 is 23.4 Å². The summed E-state index contributed by atoms with van der Waals surface area (Å²) in [4.78, 5) is 33.8. The molecule has 1 aliphatic rings. The van der Waals surface area contributed by atoms with Crippen LogP contribution < -0.4 is 5.32 Å². The highest BCUT2D eigenvalue weighted by molar-refractivity contribution is 5.84. The molecule has 2 atom stereocenters. The molecule has 0 aromatic heterocycles. The van der Waals surface area contributed by atoms with Crippen molar-refractivity contribution in [2.45, 2.75) is 38.6 Å². The lowest BCUT2D eigenvalue weighted by Gasteiger charge is -2.32. The van der Waals surface area contributed by atoms with Crippen molar-refractivity contribution in [2.75, 3.05) is 6.61 Å². The standard InChI is InChI=1S/C11H17NO5/c1-3-17-10(16)7(2)11(6-9(14)15)5-4-8(13)12-11/h7H,3-6H2,1-2H3,(H,12,13)(H,14,15). The van der Waals surface area contributed by atoms with Gasteiger partial charge >= 0.3 is 11.9 Å².